The molecule has 0 amide bonds. The van der Waals surface area contributed by atoms with Gasteiger partial charge in [-0.3, -0.25) is 4.79 Å². The summed E-state index contributed by atoms with van der Waals surface area (Å²) in [6.45, 7) is 0. The first-order chi connectivity index (χ1) is 7.40. The first kappa shape index (κ1) is 12.9. The maximum atomic E-state index is 12.7. The zero-order valence-electron chi connectivity index (χ0n) is 8.59. The van der Waals surface area contributed by atoms with Crippen LogP contribution in [0.1, 0.15) is 10.4 Å². The summed E-state index contributed by atoms with van der Waals surface area (Å²) in [5.41, 5.74) is -0.153. The Hall–Kier alpha value is -1.17. The summed E-state index contributed by atoms with van der Waals surface area (Å²) in [6, 6.07) is 3.85. The Labute approximate surface area is 99.5 Å². The first-order valence-corrected chi connectivity index (χ1v) is 5.03. The Balaban J connectivity index is 3.13. The van der Waals surface area contributed by atoms with Crippen molar-refractivity contribution in [3.05, 3.63) is 23.8 Å². The lowest BCUT2D eigenvalue weighted by atomic mass is 10.1. The smallest absolute Gasteiger partial charge is 0.363 e. The van der Waals surface area contributed by atoms with E-state index in [1.54, 1.807) is 0 Å². The molecule has 0 aliphatic heterocycles. The molecule has 0 N–H and O–H groups in total. The number of halogens is 3. The second-order valence-electron chi connectivity index (χ2n) is 2.90. The molecule has 0 aliphatic rings. The Morgan fingerprint density at radius 1 is 1.25 bits per heavy atom. The van der Waals surface area contributed by atoms with Crippen molar-refractivity contribution in [3.8, 4) is 11.5 Å². The highest BCUT2D eigenvalue weighted by Crippen LogP contribution is 2.32. The summed E-state index contributed by atoms with van der Waals surface area (Å²) in [7, 11) is 2.77. The normalized spacial score (nSPS) is 11.1. The van der Waals surface area contributed by atoms with Gasteiger partial charge in [-0.25, -0.2) is 0 Å². The SMILES string of the molecule is COc1ccc(C(=O)C(F)(F)Br)cc1OC. The number of methoxy groups -OCH3 is 2. The van der Waals surface area contributed by atoms with Crippen LogP contribution in [0.2, 0.25) is 0 Å². The number of Topliss-reactive ketones (excluding diaryl/α,β-unsaturated/α-hetero) is 1. The summed E-state index contributed by atoms with van der Waals surface area (Å²) in [5, 5.41) is 0. The molecule has 0 aromatic heterocycles. The van der Waals surface area contributed by atoms with Gasteiger partial charge in [0.05, 0.1) is 14.2 Å². The van der Waals surface area contributed by atoms with E-state index in [0.717, 1.165) is 0 Å². The van der Waals surface area contributed by atoms with Gasteiger partial charge in [-0.15, -0.1) is 0 Å². The van der Waals surface area contributed by atoms with Crippen LogP contribution < -0.4 is 9.47 Å². The summed E-state index contributed by atoms with van der Waals surface area (Å²) >= 11 is 2.01. The summed E-state index contributed by atoms with van der Waals surface area (Å²) in [5.74, 6) is -0.726. The molecule has 0 heterocycles. The molecule has 3 nitrogen and oxygen atoms in total. The van der Waals surface area contributed by atoms with Crippen molar-refractivity contribution in [1.82, 2.24) is 0 Å². The molecule has 16 heavy (non-hydrogen) atoms. The predicted octanol–water partition coefficient (Wildman–Crippen LogP) is 2.87. The minimum Gasteiger partial charge on any atom is -0.493 e. The van der Waals surface area contributed by atoms with Gasteiger partial charge in [0.15, 0.2) is 11.5 Å². The highest BCUT2D eigenvalue weighted by Gasteiger charge is 2.36. The van der Waals surface area contributed by atoms with Crippen LogP contribution in [0.4, 0.5) is 8.78 Å². The van der Waals surface area contributed by atoms with Crippen molar-refractivity contribution in [3.63, 3.8) is 0 Å². The third-order valence-corrected chi connectivity index (χ3v) is 2.26. The molecule has 6 heteroatoms. The molecule has 0 bridgehead atoms. The average Bonchev–Trinajstić information content (AvgIpc) is 2.25. The average molecular weight is 295 g/mol. The van der Waals surface area contributed by atoms with Crippen LogP contribution >= 0.6 is 15.9 Å². The number of carbonyl (C=O) groups excluding carboxylic acids is 1. The van der Waals surface area contributed by atoms with Crippen molar-refractivity contribution in [1.29, 1.82) is 0 Å². The van der Waals surface area contributed by atoms with E-state index in [1.165, 1.54) is 32.4 Å². The fraction of sp³-hybridized carbons (Fsp3) is 0.300. The summed E-state index contributed by atoms with van der Waals surface area (Å²) in [4.78, 5) is 7.66. The quantitative estimate of drug-likeness (QED) is 0.633. The van der Waals surface area contributed by atoms with E-state index >= 15 is 0 Å². The van der Waals surface area contributed by atoms with Crippen LogP contribution in [0.3, 0.4) is 0 Å². The number of ketones is 1. The third-order valence-electron chi connectivity index (χ3n) is 1.90. The molecule has 1 aromatic carbocycles. The molecule has 0 fully saturated rings. The van der Waals surface area contributed by atoms with Gasteiger partial charge in [-0.2, -0.15) is 8.78 Å². The van der Waals surface area contributed by atoms with Gasteiger partial charge < -0.3 is 9.47 Å². The zero-order chi connectivity index (χ0) is 12.3. The Morgan fingerprint density at radius 3 is 2.25 bits per heavy atom. The van der Waals surface area contributed by atoms with Crippen molar-refractivity contribution in [2.75, 3.05) is 14.2 Å². The number of hydrogen-bond acceptors (Lipinski definition) is 3. The van der Waals surface area contributed by atoms with Gasteiger partial charge in [-0.05, 0) is 34.1 Å². The molecule has 0 aliphatic carbocycles. The second kappa shape index (κ2) is 4.78. The lowest BCUT2D eigenvalue weighted by Crippen LogP contribution is -2.20. The number of rotatable bonds is 4. The lowest BCUT2D eigenvalue weighted by Gasteiger charge is -2.11. The fourth-order valence-electron chi connectivity index (χ4n) is 1.14. The van der Waals surface area contributed by atoms with E-state index in [-0.39, 0.29) is 11.3 Å². The molecule has 88 valence electrons. The van der Waals surface area contributed by atoms with Gasteiger partial charge in [0.1, 0.15) is 0 Å². The van der Waals surface area contributed by atoms with E-state index in [9.17, 15) is 13.6 Å². The first-order valence-electron chi connectivity index (χ1n) is 4.23. The summed E-state index contributed by atoms with van der Waals surface area (Å²) < 4.78 is 35.3. The monoisotopic (exact) mass is 294 g/mol. The largest absolute Gasteiger partial charge is 0.493 e. The maximum absolute atomic E-state index is 12.7. The molecular weight excluding hydrogens is 286 g/mol. The topological polar surface area (TPSA) is 35.5 Å². The molecule has 0 spiro atoms. The van der Waals surface area contributed by atoms with Crippen molar-refractivity contribution >= 4 is 21.7 Å². The number of benzene rings is 1. The Kier molecular flexibility index (Phi) is 3.85. The molecule has 0 atom stereocenters. The predicted molar refractivity (Wildman–Crippen MR) is 57.8 cm³/mol. The second-order valence-corrected chi connectivity index (χ2v) is 3.89. The van der Waals surface area contributed by atoms with Crippen molar-refractivity contribution in [2.24, 2.45) is 0 Å². The van der Waals surface area contributed by atoms with Gasteiger partial charge in [0.25, 0.3) is 0 Å². The molecule has 1 aromatic rings. The zero-order valence-corrected chi connectivity index (χ0v) is 10.2. The molecule has 0 saturated heterocycles. The molecule has 0 saturated carbocycles. The number of hydrogen-bond donors (Lipinski definition) is 0. The van der Waals surface area contributed by atoms with Crippen LogP contribution in [0.15, 0.2) is 18.2 Å². The summed E-state index contributed by atoms with van der Waals surface area (Å²) in [6.07, 6.45) is 0. The van der Waals surface area contributed by atoms with Gasteiger partial charge in [0, 0.05) is 5.56 Å². The van der Waals surface area contributed by atoms with Crippen LogP contribution in [0.5, 0.6) is 11.5 Å². The van der Waals surface area contributed by atoms with E-state index < -0.39 is 10.6 Å². The molecule has 0 unspecified atom stereocenters. The van der Waals surface area contributed by atoms with Crippen LogP contribution in [-0.4, -0.2) is 24.8 Å². The number of alkyl halides is 3. The van der Waals surface area contributed by atoms with Crippen LogP contribution in [0, 0.1) is 0 Å². The lowest BCUT2D eigenvalue weighted by molar-refractivity contribution is 0.0592. The molecule has 0 radical (unpaired) electrons. The van der Waals surface area contributed by atoms with E-state index in [2.05, 4.69) is 0 Å². The van der Waals surface area contributed by atoms with Crippen LogP contribution in [-0.2, 0) is 0 Å². The number of ether oxygens (including phenoxy) is 2. The molecular formula is C10H9BrF2O3. The Bertz CT molecular complexity index is 402. The van der Waals surface area contributed by atoms with E-state index in [4.69, 9.17) is 9.47 Å². The highest BCUT2D eigenvalue weighted by atomic mass is 79.9. The highest BCUT2D eigenvalue weighted by molar-refractivity contribution is 9.10. The van der Waals surface area contributed by atoms with Crippen molar-refractivity contribution in [2.45, 2.75) is 4.83 Å². The van der Waals surface area contributed by atoms with Gasteiger partial charge in [-0.1, -0.05) is 0 Å². The number of carbonyl (C=O) groups is 1. The Morgan fingerprint density at radius 2 is 1.81 bits per heavy atom. The van der Waals surface area contributed by atoms with Crippen molar-refractivity contribution < 1.29 is 23.0 Å². The van der Waals surface area contributed by atoms with E-state index in [1.807, 2.05) is 15.9 Å². The fourth-order valence-corrected chi connectivity index (χ4v) is 1.37. The molecule has 1 rings (SSSR count). The van der Waals surface area contributed by atoms with Crippen LogP contribution in [0.25, 0.3) is 0 Å². The van der Waals surface area contributed by atoms with Gasteiger partial charge >= 0.3 is 4.83 Å². The van der Waals surface area contributed by atoms with E-state index in [0.29, 0.717) is 5.75 Å². The maximum Gasteiger partial charge on any atom is 0.363 e. The minimum absolute atomic E-state index is 0.153. The minimum atomic E-state index is -3.58. The standard InChI is InChI=1S/C10H9BrF2O3/c1-15-7-4-3-6(5-8(7)16-2)9(14)10(11,12)13/h3-5H,1-2H3. The van der Waals surface area contributed by atoms with Gasteiger partial charge in [0.2, 0.25) is 5.78 Å². The third kappa shape index (κ3) is 2.69.